The maximum Gasteiger partial charge on any atom is 0.270 e. The number of ether oxygens (including phenoxy) is 1. The summed E-state index contributed by atoms with van der Waals surface area (Å²) in [7, 11) is 0. The molecule has 1 aliphatic rings. The van der Waals surface area contributed by atoms with E-state index in [9.17, 15) is 14.9 Å². The molecule has 0 spiro atoms. The van der Waals surface area contributed by atoms with Crippen LogP contribution in [-0.4, -0.2) is 55.0 Å². The van der Waals surface area contributed by atoms with E-state index in [1.165, 1.54) is 12.1 Å². The van der Waals surface area contributed by atoms with E-state index in [1.54, 1.807) is 30.3 Å². The van der Waals surface area contributed by atoms with Crippen molar-refractivity contribution in [2.45, 2.75) is 0 Å². The van der Waals surface area contributed by atoms with E-state index in [4.69, 9.17) is 4.74 Å². The molecule has 0 radical (unpaired) electrons. The van der Waals surface area contributed by atoms with E-state index in [0.29, 0.717) is 23.4 Å². The average Bonchev–Trinajstić information content (AvgIpc) is 2.69. The fourth-order valence-corrected chi connectivity index (χ4v) is 2.91. The van der Waals surface area contributed by atoms with Crippen LogP contribution in [0.2, 0.25) is 0 Å². The summed E-state index contributed by atoms with van der Waals surface area (Å²) in [5.74, 6) is -0.233. The molecule has 0 aromatic heterocycles. The molecule has 26 heavy (non-hydrogen) atoms. The average molecular weight is 355 g/mol. The van der Waals surface area contributed by atoms with Gasteiger partial charge in [-0.1, -0.05) is 30.3 Å². The van der Waals surface area contributed by atoms with Crippen LogP contribution in [-0.2, 0) is 4.74 Å². The molecule has 7 heteroatoms. The Morgan fingerprint density at radius 3 is 2.58 bits per heavy atom. The van der Waals surface area contributed by atoms with Gasteiger partial charge in [0.15, 0.2) is 5.78 Å². The molecule has 1 N–H and O–H groups in total. The minimum atomic E-state index is -0.487. The van der Waals surface area contributed by atoms with E-state index >= 15 is 0 Å². The Hall–Kier alpha value is -2.77. The Morgan fingerprint density at radius 2 is 1.88 bits per heavy atom. The maximum atomic E-state index is 12.8. The summed E-state index contributed by atoms with van der Waals surface area (Å²) in [6.07, 6.45) is 0. The number of nitrogens with zero attached hydrogens (tertiary/aromatic N) is 2. The van der Waals surface area contributed by atoms with Crippen LogP contribution in [0, 0.1) is 10.1 Å². The van der Waals surface area contributed by atoms with Gasteiger partial charge in [-0.15, -0.1) is 0 Å². The number of rotatable bonds is 7. The molecule has 1 heterocycles. The summed E-state index contributed by atoms with van der Waals surface area (Å²) in [5.41, 5.74) is 1.33. The molecule has 1 aliphatic heterocycles. The number of hydrogen-bond acceptors (Lipinski definition) is 6. The molecule has 2 aromatic rings. The van der Waals surface area contributed by atoms with Crippen LogP contribution in [0.1, 0.15) is 15.9 Å². The van der Waals surface area contributed by atoms with Crippen LogP contribution in [0.25, 0.3) is 0 Å². The minimum Gasteiger partial charge on any atom is -0.383 e. The second-order valence-corrected chi connectivity index (χ2v) is 6.06. The number of carbonyl (C=O) groups excluding carboxylic acids is 1. The van der Waals surface area contributed by atoms with Crippen molar-refractivity contribution in [1.82, 2.24) is 4.90 Å². The number of nitrogens with one attached hydrogen (secondary N) is 1. The SMILES string of the molecule is O=C(c1ccccc1)c1cc([N+](=O)[O-])ccc1NCCN1CCOCC1. The quantitative estimate of drug-likeness (QED) is 0.467. The Bertz CT molecular complexity index is 774. The third kappa shape index (κ3) is 4.44. The predicted molar refractivity (Wildman–Crippen MR) is 98.7 cm³/mol. The second kappa shape index (κ2) is 8.55. The van der Waals surface area contributed by atoms with Gasteiger partial charge in [0.2, 0.25) is 0 Å². The van der Waals surface area contributed by atoms with Gasteiger partial charge in [-0.05, 0) is 6.07 Å². The number of morpholine rings is 1. The molecule has 136 valence electrons. The molecule has 0 aliphatic carbocycles. The predicted octanol–water partition coefficient (Wildman–Crippen LogP) is 2.57. The smallest absolute Gasteiger partial charge is 0.270 e. The molecule has 0 bridgehead atoms. The van der Waals surface area contributed by atoms with Crippen LogP contribution < -0.4 is 5.32 Å². The molecule has 0 atom stereocenters. The molecule has 7 nitrogen and oxygen atoms in total. The topological polar surface area (TPSA) is 84.7 Å². The van der Waals surface area contributed by atoms with Gasteiger partial charge >= 0.3 is 0 Å². The lowest BCUT2D eigenvalue weighted by molar-refractivity contribution is -0.384. The van der Waals surface area contributed by atoms with Crippen LogP contribution in [0.4, 0.5) is 11.4 Å². The number of non-ortho nitro benzene ring substituents is 1. The lowest BCUT2D eigenvalue weighted by Gasteiger charge is -2.26. The minimum absolute atomic E-state index is 0.0944. The third-order valence-electron chi connectivity index (χ3n) is 4.34. The molecular formula is C19H21N3O4. The van der Waals surface area contributed by atoms with Gasteiger partial charge in [0.25, 0.3) is 5.69 Å². The van der Waals surface area contributed by atoms with E-state index in [0.717, 1.165) is 32.8 Å². The molecule has 1 fully saturated rings. The third-order valence-corrected chi connectivity index (χ3v) is 4.34. The normalized spacial score (nSPS) is 14.8. The van der Waals surface area contributed by atoms with Crippen LogP contribution in [0.15, 0.2) is 48.5 Å². The maximum absolute atomic E-state index is 12.8. The first-order chi connectivity index (χ1) is 12.6. The number of anilines is 1. The zero-order valence-corrected chi connectivity index (χ0v) is 14.4. The van der Waals surface area contributed by atoms with Crippen molar-refractivity contribution in [2.24, 2.45) is 0 Å². The lowest BCUT2D eigenvalue weighted by atomic mass is 10.0. The van der Waals surface area contributed by atoms with Crippen molar-refractivity contribution in [3.63, 3.8) is 0 Å². The first-order valence-electron chi connectivity index (χ1n) is 8.57. The van der Waals surface area contributed by atoms with Gasteiger partial charge in [-0.25, -0.2) is 0 Å². The summed E-state index contributed by atoms with van der Waals surface area (Å²) < 4.78 is 5.33. The molecule has 1 saturated heterocycles. The summed E-state index contributed by atoms with van der Waals surface area (Å²) in [6, 6.07) is 13.1. The number of hydrogen-bond donors (Lipinski definition) is 1. The fourth-order valence-electron chi connectivity index (χ4n) is 2.91. The standard InChI is InChI=1S/C19H21N3O4/c23-19(15-4-2-1-3-5-15)17-14-16(22(24)25)6-7-18(17)20-8-9-21-10-12-26-13-11-21/h1-7,14,20H,8-13H2. The molecule has 0 saturated carbocycles. The monoisotopic (exact) mass is 355 g/mol. The molecule has 0 amide bonds. The van der Waals surface area contributed by atoms with Gasteiger partial charge < -0.3 is 10.1 Å². The van der Waals surface area contributed by atoms with Crippen molar-refractivity contribution in [3.8, 4) is 0 Å². The van der Waals surface area contributed by atoms with Crippen molar-refractivity contribution in [1.29, 1.82) is 0 Å². The van der Waals surface area contributed by atoms with Crippen molar-refractivity contribution >= 4 is 17.2 Å². The summed E-state index contributed by atoms with van der Waals surface area (Å²) in [5, 5.41) is 14.4. The van der Waals surface area contributed by atoms with E-state index in [1.807, 2.05) is 6.07 Å². The van der Waals surface area contributed by atoms with Crippen LogP contribution in [0.3, 0.4) is 0 Å². The highest BCUT2D eigenvalue weighted by molar-refractivity contribution is 6.12. The van der Waals surface area contributed by atoms with Crippen LogP contribution >= 0.6 is 0 Å². The van der Waals surface area contributed by atoms with Gasteiger partial charge in [0.1, 0.15) is 0 Å². The fraction of sp³-hybridized carbons (Fsp3) is 0.316. The highest BCUT2D eigenvalue weighted by Gasteiger charge is 2.18. The summed E-state index contributed by atoms with van der Waals surface area (Å²) in [6.45, 7) is 4.70. The van der Waals surface area contributed by atoms with E-state index in [2.05, 4.69) is 10.2 Å². The largest absolute Gasteiger partial charge is 0.383 e. The Morgan fingerprint density at radius 1 is 1.15 bits per heavy atom. The Labute approximate surface area is 151 Å². The van der Waals surface area contributed by atoms with E-state index in [-0.39, 0.29) is 11.5 Å². The molecule has 2 aromatic carbocycles. The highest BCUT2D eigenvalue weighted by atomic mass is 16.6. The number of nitro benzene ring substituents is 1. The van der Waals surface area contributed by atoms with Crippen molar-refractivity contribution in [2.75, 3.05) is 44.7 Å². The first-order valence-corrected chi connectivity index (χ1v) is 8.57. The molecule has 3 rings (SSSR count). The molecule has 0 unspecified atom stereocenters. The van der Waals surface area contributed by atoms with Gasteiger partial charge in [0.05, 0.1) is 23.7 Å². The van der Waals surface area contributed by atoms with Crippen molar-refractivity contribution < 1.29 is 14.5 Å². The highest BCUT2D eigenvalue weighted by Crippen LogP contribution is 2.25. The molecular weight excluding hydrogens is 334 g/mol. The first kappa shape index (κ1) is 18.0. The number of nitro groups is 1. The van der Waals surface area contributed by atoms with Gasteiger partial charge in [-0.2, -0.15) is 0 Å². The number of carbonyl (C=O) groups is 1. The van der Waals surface area contributed by atoms with Crippen LogP contribution in [0.5, 0.6) is 0 Å². The zero-order valence-electron chi connectivity index (χ0n) is 14.4. The van der Waals surface area contributed by atoms with Crippen molar-refractivity contribution in [3.05, 3.63) is 69.8 Å². The lowest BCUT2D eigenvalue weighted by Crippen LogP contribution is -2.39. The summed E-state index contributed by atoms with van der Waals surface area (Å²) >= 11 is 0. The van der Waals surface area contributed by atoms with Gasteiger partial charge in [-0.3, -0.25) is 19.8 Å². The Balaban J connectivity index is 1.77. The second-order valence-electron chi connectivity index (χ2n) is 6.06. The summed E-state index contributed by atoms with van der Waals surface area (Å²) in [4.78, 5) is 25.7. The van der Waals surface area contributed by atoms with E-state index < -0.39 is 4.92 Å². The number of ketones is 1. The zero-order chi connectivity index (χ0) is 18.4. The Kier molecular flexibility index (Phi) is 5.93. The number of benzene rings is 2. The van der Waals surface area contributed by atoms with Gasteiger partial charge in [0, 0.05) is 49.6 Å².